The number of ether oxygens (including phenoxy) is 1. The molecule has 16 heavy (non-hydrogen) atoms. The number of fused-ring (bicyclic) bond motifs is 2. The second-order valence-corrected chi connectivity index (χ2v) is 5.32. The summed E-state index contributed by atoms with van der Waals surface area (Å²) < 4.78 is 5.14. The molecule has 0 aliphatic carbocycles. The highest BCUT2D eigenvalue weighted by Crippen LogP contribution is 2.23. The van der Waals surface area contributed by atoms with Crippen LogP contribution < -0.4 is 8.79 Å². The highest BCUT2D eigenvalue weighted by Gasteiger charge is 2.06. The molecule has 80 valence electrons. The molecule has 0 bridgehead atoms. The van der Waals surface area contributed by atoms with Crippen LogP contribution in [0.2, 0.25) is 0 Å². The molecule has 4 nitrogen and oxygen atoms in total. The second-order valence-electron chi connectivity index (χ2n) is 3.14. The van der Waals surface area contributed by atoms with E-state index in [0.717, 1.165) is 39.5 Å². The first-order valence-corrected chi connectivity index (χ1v) is 6.15. The summed E-state index contributed by atoms with van der Waals surface area (Å²) in [7, 11) is 1.61. The molecule has 6 heteroatoms. The molecule has 0 spiro atoms. The number of benzene rings is 1. The number of methoxy groups -OCH3 is 1. The monoisotopic (exact) mass is 250 g/mol. The van der Waals surface area contributed by atoms with E-state index < -0.39 is 0 Å². The molecule has 0 N–H and O–H groups in total. The van der Waals surface area contributed by atoms with E-state index in [9.17, 15) is 4.79 Å². The minimum absolute atomic E-state index is 0.0253. The van der Waals surface area contributed by atoms with E-state index in [1.807, 2.05) is 18.2 Å². The van der Waals surface area contributed by atoms with Crippen LogP contribution in [0.25, 0.3) is 20.7 Å². The summed E-state index contributed by atoms with van der Waals surface area (Å²) >= 11 is 2.26. The van der Waals surface area contributed by atoms with Gasteiger partial charge in [-0.1, -0.05) is 22.7 Å². The van der Waals surface area contributed by atoms with E-state index in [2.05, 4.69) is 9.97 Å². The van der Waals surface area contributed by atoms with Gasteiger partial charge in [-0.05, 0) is 12.1 Å². The Balaban J connectivity index is 2.41. The van der Waals surface area contributed by atoms with E-state index in [0.29, 0.717) is 9.66 Å². The Hall–Kier alpha value is -1.53. The molecule has 0 atom stereocenters. The van der Waals surface area contributed by atoms with Gasteiger partial charge >= 0.3 is 0 Å². The van der Waals surface area contributed by atoms with Crippen molar-refractivity contribution < 1.29 is 4.74 Å². The van der Waals surface area contributed by atoms with Crippen LogP contribution >= 0.6 is 22.7 Å². The molecule has 0 fully saturated rings. The summed E-state index contributed by atoms with van der Waals surface area (Å²) in [5, 5.41) is 0. The van der Waals surface area contributed by atoms with Crippen LogP contribution in [0.1, 0.15) is 0 Å². The Morgan fingerprint density at radius 2 is 1.81 bits per heavy atom. The lowest BCUT2D eigenvalue weighted by molar-refractivity contribution is 0.415. The molecular formula is C10H6N2O2S2. The minimum Gasteiger partial charge on any atom is -0.497 e. The van der Waals surface area contributed by atoms with Crippen molar-refractivity contribution in [2.45, 2.75) is 0 Å². The third kappa shape index (κ3) is 1.46. The molecular weight excluding hydrogens is 244 g/mol. The van der Waals surface area contributed by atoms with Crippen LogP contribution in [-0.4, -0.2) is 17.1 Å². The summed E-state index contributed by atoms with van der Waals surface area (Å²) in [5.74, 6) is 0.740. The summed E-state index contributed by atoms with van der Waals surface area (Å²) in [6, 6.07) is 5.49. The van der Waals surface area contributed by atoms with Crippen molar-refractivity contribution in [2.24, 2.45) is 0 Å². The molecule has 0 saturated heterocycles. The maximum atomic E-state index is 11.2. The number of aromatic nitrogens is 2. The average molecular weight is 250 g/mol. The molecule has 3 rings (SSSR count). The van der Waals surface area contributed by atoms with Crippen molar-refractivity contribution in [1.82, 2.24) is 9.97 Å². The van der Waals surface area contributed by atoms with Gasteiger partial charge in [0.1, 0.15) is 5.75 Å². The number of hydrogen-bond donors (Lipinski definition) is 0. The van der Waals surface area contributed by atoms with Crippen molar-refractivity contribution in [3.63, 3.8) is 0 Å². The van der Waals surface area contributed by atoms with E-state index in [1.54, 1.807) is 7.11 Å². The fourth-order valence-corrected chi connectivity index (χ4v) is 3.20. The van der Waals surface area contributed by atoms with Gasteiger partial charge in [-0.25, -0.2) is 9.97 Å². The molecule has 0 aliphatic heterocycles. The molecule has 0 radical (unpaired) electrons. The zero-order valence-electron chi connectivity index (χ0n) is 8.26. The molecule has 1 aromatic carbocycles. The molecule has 0 amide bonds. The van der Waals surface area contributed by atoms with Gasteiger partial charge < -0.3 is 4.74 Å². The highest BCUT2D eigenvalue weighted by atomic mass is 32.2. The normalized spacial score (nSPS) is 11.1. The number of rotatable bonds is 1. The lowest BCUT2D eigenvalue weighted by atomic mass is 10.3. The van der Waals surface area contributed by atoms with Crippen LogP contribution in [0, 0.1) is 0 Å². The Morgan fingerprint density at radius 3 is 2.50 bits per heavy atom. The van der Waals surface area contributed by atoms with Crippen LogP contribution in [0.4, 0.5) is 0 Å². The van der Waals surface area contributed by atoms with Crippen LogP contribution in [0.5, 0.6) is 5.75 Å². The van der Waals surface area contributed by atoms with Gasteiger partial charge in [0.25, 0.3) is 4.06 Å². The number of nitrogens with zero attached hydrogens (tertiary/aromatic N) is 2. The van der Waals surface area contributed by atoms with Crippen molar-refractivity contribution >= 4 is 43.4 Å². The second kappa shape index (κ2) is 3.50. The summed E-state index contributed by atoms with van der Waals surface area (Å²) in [6.45, 7) is 0. The van der Waals surface area contributed by atoms with E-state index >= 15 is 0 Å². The first-order valence-electron chi connectivity index (χ1n) is 4.52. The molecule has 2 heterocycles. The Bertz CT molecular complexity index is 732. The van der Waals surface area contributed by atoms with Crippen molar-refractivity contribution in [1.29, 1.82) is 0 Å². The van der Waals surface area contributed by atoms with Gasteiger partial charge in [0.05, 0.1) is 18.1 Å². The third-order valence-electron chi connectivity index (χ3n) is 2.17. The molecule has 3 aromatic rings. The zero-order chi connectivity index (χ0) is 11.1. The van der Waals surface area contributed by atoms with Crippen LogP contribution in [0.3, 0.4) is 0 Å². The van der Waals surface area contributed by atoms with Gasteiger partial charge in [0.2, 0.25) is 0 Å². The lowest BCUT2D eigenvalue weighted by Gasteiger charge is -2.00. The lowest BCUT2D eigenvalue weighted by Crippen LogP contribution is -1.86. The van der Waals surface area contributed by atoms with Gasteiger partial charge in [0, 0.05) is 6.07 Å². The summed E-state index contributed by atoms with van der Waals surface area (Å²) in [4.78, 5) is 21.4. The summed E-state index contributed by atoms with van der Waals surface area (Å²) in [5.41, 5.74) is 1.53. The largest absolute Gasteiger partial charge is 0.497 e. The van der Waals surface area contributed by atoms with Crippen LogP contribution in [0.15, 0.2) is 23.0 Å². The van der Waals surface area contributed by atoms with Gasteiger partial charge in [-0.3, -0.25) is 4.79 Å². The minimum atomic E-state index is 0.0253. The van der Waals surface area contributed by atoms with Gasteiger partial charge in [0.15, 0.2) is 9.66 Å². The van der Waals surface area contributed by atoms with Gasteiger partial charge in [-0.15, -0.1) is 0 Å². The first-order chi connectivity index (χ1) is 7.76. The van der Waals surface area contributed by atoms with E-state index in [1.165, 1.54) is 0 Å². The molecule has 0 aliphatic rings. The fourth-order valence-electron chi connectivity index (χ4n) is 1.44. The standard InChI is InChI=1S/C10H6N2O2S2/c1-14-5-2-3-6-7(4-5)12-9-8(11-6)15-10(13)16-9/h2-4H,1H3. The highest BCUT2D eigenvalue weighted by molar-refractivity contribution is 7.35. The quantitative estimate of drug-likeness (QED) is 0.665. The van der Waals surface area contributed by atoms with E-state index in [-0.39, 0.29) is 4.06 Å². The van der Waals surface area contributed by atoms with Gasteiger partial charge in [-0.2, -0.15) is 0 Å². The average Bonchev–Trinajstić information content (AvgIpc) is 2.64. The number of hydrogen-bond acceptors (Lipinski definition) is 6. The summed E-state index contributed by atoms with van der Waals surface area (Å²) in [6.07, 6.45) is 0. The third-order valence-corrected chi connectivity index (χ3v) is 4.09. The Labute approximate surface area is 98.2 Å². The smallest absolute Gasteiger partial charge is 0.291 e. The Kier molecular flexibility index (Phi) is 2.12. The zero-order valence-corrected chi connectivity index (χ0v) is 9.89. The van der Waals surface area contributed by atoms with Crippen molar-refractivity contribution in [3.8, 4) is 5.75 Å². The van der Waals surface area contributed by atoms with E-state index in [4.69, 9.17) is 4.74 Å². The maximum Gasteiger partial charge on any atom is 0.291 e. The predicted molar refractivity (Wildman–Crippen MR) is 65.6 cm³/mol. The van der Waals surface area contributed by atoms with Crippen molar-refractivity contribution in [2.75, 3.05) is 7.11 Å². The van der Waals surface area contributed by atoms with Crippen LogP contribution in [-0.2, 0) is 0 Å². The topological polar surface area (TPSA) is 52.1 Å². The SMILES string of the molecule is COc1ccc2nc3sc(=O)sc3nc2c1. The predicted octanol–water partition coefficient (Wildman–Crippen LogP) is 2.27. The Morgan fingerprint density at radius 1 is 1.12 bits per heavy atom. The molecule has 0 saturated carbocycles. The molecule has 0 unspecified atom stereocenters. The molecule has 2 aromatic heterocycles. The maximum absolute atomic E-state index is 11.2. The van der Waals surface area contributed by atoms with Crippen molar-refractivity contribution in [3.05, 3.63) is 27.0 Å². The fraction of sp³-hybridized carbons (Fsp3) is 0.100. The first kappa shape index (κ1) is 9.68.